The molecule has 0 bridgehead atoms. The van der Waals surface area contributed by atoms with Crippen molar-refractivity contribution < 1.29 is 0 Å². The van der Waals surface area contributed by atoms with Crippen LogP contribution in [-0.4, -0.2) is 31.1 Å². The highest BCUT2D eigenvalue weighted by Crippen LogP contribution is 2.30. The summed E-state index contributed by atoms with van der Waals surface area (Å²) < 4.78 is 1.10. The average Bonchev–Trinajstić information content (AvgIpc) is 2.29. The molecule has 1 N–H and O–H groups in total. The van der Waals surface area contributed by atoms with Crippen LogP contribution in [0.25, 0.3) is 0 Å². The molecule has 1 fully saturated rings. The SMILES string of the molecule is Cc1cc(Br)c(NC2CCN(C)CC2)cc1Cl. The second kappa shape index (κ2) is 5.59. The molecule has 0 unspecified atom stereocenters. The zero-order chi connectivity index (χ0) is 12.4. The molecular weight excluding hydrogens is 300 g/mol. The number of anilines is 1. The maximum Gasteiger partial charge on any atom is 0.0501 e. The van der Waals surface area contributed by atoms with Crippen molar-refractivity contribution in [3.8, 4) is 0 Å². The van der Waals surface area contributed by atoms with Gasteiger partial charge in [-0.15, -0.1) is 0 Å². The molecule has 0 amide bonds. The van der Waals surface area contributed by atoms with Gasteiger partial charge < -0.3 is 10.2 Å². The fourth-order valence-electron chi connectivity index (χ4n) is 2.13. The summed E-state index contributed by atoms with van der Waals surface area (Å²) in [6.45, 7) is 4.34. The van der Waals surface area contributed by atoms with Gasteiger partial charge in [-0.3, -0.25) is 0 Å². The van der Waals surface area contributed by atoms with Crippen LogP contribution in [0.15, 0.2) is 16.6 Å². The Labute approximate surface area is 116 Å². The first-order valence-corrected chi connectivity index (χ1v) is 7.14. The van der Waals surface area contributed by atoms with E-state index >= 15 is 0 Å². The minimum atomic E-state index is 0.557. The van der Waals surface area contributed by atoms with Gasteiger partial charge in [0, 0.05) is 15.5 Å². The molecule has 0 atom stereocenters. The fraction of sp³-hybridized carbons (Fsp3) is 0.538. The Kier molecular flexibility index (Phi) is 4.34. The smallest absolute Gasteiger partial charge is 0.0501 e. The summed E-state index contributed by atoms with van der Waals surface area (Å²) in [5.41, 5.74) is 2.21. The molecule has 0 radical (unpaired) electrons. The first-order valence-electron chi connectivity index (χ1n) is 5.97. The zero-order valence-electron chi connectivity index (χ0n) is 10.3. The van der Waals surface area contributed by atoms with Crippen LogP contribution in [0.4, 0.5) is 5.69 Å². The van der Waals surface area contributed by atoms with E-state index in [9.17, 15) is 0 Å². The molecule has 1 aliphatic heterocycles. The van der Waals surface area contributed by atoms with Crippen molar-refractivity contribution in [2.45, 2.75) is 25.8 Å². The third-order valence-electron chi connectivity index (χ3n) is 3.33. The molecule has 0 spiro atoms. The maximum absolute atomic E-state index is 6.16. The fourth-order valence-corrected chi connectivity index (χ4v) is 2.87. The molecule has 17 heavy (non-hydrogen) atoms. The summed E-state index contributed by atoms with van der Waals surface area (Å²) in [5.74, 6) is 0. The monoisotopic (exact) mass is 316 g/mol. The highest BCUT2D eigenvalue weighted by Gasteiger charge is 2.17. The summed E-state index contributed by atoms with van der Waals surface area (Å²) >= 11 is 9.75. The van der Waals surface area contributed by atoms with Crippen LogP contribution in [-0.2, 0) is 0 Å². The minimum Gasteiger partial charge on any atom is -0.381 e. The number of halogens is 2. The number of hydrogen-bond acceptors (Lipinski definition) is 2. The van der Waals surface area contributed by atoms with Gasteiger partial charge in [-0.1, -0.05) is 11.6 Å². The molecule has 2 nitrogen and oxygen atoms in total. The molecular formula is C13H18BrClN2. The van der Waals surface area contributed by atoms with E-state index in [0.29, 0.717) is 6.04 Å². The van der Waals surface area contributed by atoms with Crippen molar-refractivity contribution >= 4 is 33.2 Å². The molecule has 0 saturated carbocycles. The van der Waals surface area contributed by atoms with Crippen molar-refractivity contribution in [2.24, 2.45) is 0 Å². The van der Waals surface area contributed by atoms with Gasteiger partial charge in [0.2, 0.25) is 0 Å². The van der Waals surface area contributed by atoms with Crippen LogP contribution in [0.2, 0.25) is 5.02 Å². The number of nitrogens with one attached hydrogen (secondary N) is 1. The van der Waals surface area contributed by atoms with Crippen LogP contribution in [0.5, 0.6) is 0 Å². The van der Waals surface area contributed by atoms with Gasteiger partial charge in [-0.05, 0) is 73.5 Å². The molecule has 1 heterocycles. The Morgan fingerprint density at radius 3 is 2.65 bits per heavy atom. The van der Waals surface area contributed by atoms with Crippen molar-refractivity contribution in [1.82, 2.24) is 4.90 Å². The van der Waals surface area contributed by atoms with E-state index in [1.165, 1.54) is 12.8 Å². The standard InChI is InChI=1S/C13H18BrClN2/c1-9-7-11(14)13(8-12(9)15)16-10-3-5-17(2)6-4-10/h7-8,10,16H,3-6H2,1-2H3. The number of aryl methyl sites for hydroxylation is 1. The molecule has 94 valence electrons. The van der Waals surface area contributed by atoms with Crippen LogP contribution in [0, 0.1) is 6.92 Å². The lowest BCUT2D eigenvalue weighted by Gasteiger charge is -2.30. The van der Waals surface area contributed by atoms with Crippen molar-refractivity contribution in [1.29, 1.82) is 0 Å². The first-order chi connectivity index (χ1) is 8.06. The lowest BCUT2D eigenvalue weighted by atomic mass is 10.1. The second-order valence-corrected chi connectivity index (χ2v) is 6.06. The summed E-state index contributed by atoms with van der Waals surface area (Å²) in [5, 5.41) is 4.40. The highest BCUT2D eigenvalue weighted by molar-refractivity contribution is 9.10. The topological polar surface area (TPSA) is 15.3 Å². The van der Waals surface area contributed by atoms with E-state index in [1.807, 2.05) is 13.0 Å². The second-order valence-electron chi connectivity index (χ2n) is 4.80. The van der Waals surface area contributed by atoms with Gasteiger partial charge in [0.1, 0.15) is 0 Å². The van der Waals surface area contributed by atoms with Gasteiger partial charge in [-0.2, -0.15) is 0 Å². The largest absolute Gasteiger partial charge is 0.381 e. The Bertz CT molecular complexity index is 401. The third-order valence-corrected chi connectivity index (χ3v) is 4.39. The number of piperidine rings is 1. The van der Waals surface area contributed by atoms with Crippen LogP contribution in [0.3, 0.4) is 0 Å². The molecule has 0 aliphatic carbocycles. The van der Waals surface area contributed by atoms with E-state index in [4.69, 9.17) is 11.6 Å². The van der Waals surface area contributed by atoms with E-state index < -0.39 is 0 Å². The Balaban J connectivity index is 2.06. The van der Waals surface area contributed by atoms with Gasteiger partial charge in [0.05, 0.1) is 5.69 Å². The van der Waals surface area contributed by atoms with Crippen molar-refractivity contribution in [2.75, 3.05) is 25.5 Å². The van der Waals surface area contributed by atoms with Gasteiger partial charge in [0.25, 0.3) is 0 Å². The maximum atomic E-state index is 6.16. The van der Waals surface area contributed by atoms with E-state index in [1.54, 1.807) is 0 Å². The number of rotatable bonds is 2. The van der Waals surface area contributed by atoms with Crippen LogP contribution in [0.1, 0.15) is 18.4 Å². The molecule has 0 aromatic heterocycles. The Morgan fingerprint density at radius 2 is 2.00 bits per heavy atom. The molecule has 1 aromatic rings. The lowest BCUT2D eigenvalue weighted by Crippen LogP contribution is -2.36. The molecule has 2 rings (SSSR count). The number of benzene rings is 1. The van der Waals surface area contributed by atoms with E-state index in [-0.39, 0.29) is 0 Å². The lowest BCUT2D eigenvalue weighted by molar-refractivity contribution is 0.264. The summed E-state index contributed by atoms with van der Waals surface area (Å²) in [6.07, 6.45) is 2.38. The van der Waals surface area contributed by atoms with Crippen molar-refractivity contribution in [3.63, 3.8) is 0 Å². The molecule has 1 aliphatic rings. The average molecular weight is 318 g/mol. The van der Waals surface area contributed by atoms with Gasteiger partial charge >= 0.3 is 0 Å². The first kappa shape index (κ1) is 13.2. The highest BCUT2D eigenvalue weighted by atomic mass is 79.9. The van der Waals surface area contributed by atoms with Crippen LogP contribution >= 0.6 is 27.5 Å². The van der Waals surface area contributed by atoms with Crippen molar-refractivity contribution in [3.05, 3.63) is 27.2 Å². The molecule has 1 saturated heterocycles. The van der Waals surface area contributed by atoms with Gasteiger partial charge in [-0.25, -0.2) is 0 Å². The predicted octanol–water partition coefficient (Wildman–Crippen LogP) is 3.92. The summed E-state index contributed by atoms with van der Waals surface area (Å²) in [7, 11) is 2.18. The quantitative estimate of drug-likeness (QED) is 0.889. The number of nitrogens with zero attached hydrogens (tertiary/aromatic N) is 1. The Morgan fingerprint density at radius 1 is 1.35 bits per heavy atom. The number of likely N-dealkylation sites (tertiary alicyclic amines) is 1. The molecule has 4 heteroatoms. The van der Waals surface area contributed by atoms with Crippen LogP contribution < -0.4 is 5.32 Å². The Hall–Kier alpha value is -0.250. The summed E-state index contributed by atoms with van der Waals surface area (Å²) in [6, 6.07) is 4.64. The van der Waals surface area contributed by atoms with E-state index in [0.717, 1.165) is 33.8 Å². The predicted molar refractivity (Wildman–Crippen MR) is 78.0 cm³/mol. The minimum absolute atomic E-state index is 0.557. The normalized spacial score (nSPS) is 18.4. The zero-order valence-corrected chi connectivity index (χ0v) is 12.6. The third kappa shape index (κ3) is 3.36. The van der Waals surface area contributed by atoms with E-state index in [2.05, 4.69) is 39.3 Å². The number of hydrogen-bond donors (Lipinski definition) is 1. The molecule has 1 aromatic carbocycles. The van der Waals surface area contributed by atoms with Gasteiger partial charge in [0.15, 0.2) is 0 Å². The summed E-state index contributed by atoms with van der Waals surface area (Å²) in [4.78, 5) is 2.37.